The smallest absolute Gasteiger partial charge is 0.237 e. The second-order valence-corrected chi connectivity index (χ2v) is 4.31. The molecule has 1 rings (SSSR count). The molecular formula is C9H14N2OS. The van der Waals surface area contributed by atoms with Gasteiger partial charge >= 0.3 is 0 Å². The van der Waals surface area contributed by atoms with Crippen molar-refractivity contribution in [3.05, 3.63) is 0 Å². The molecule has 0 aromatic rings. The number of carbonyl (C=O) groups excluding carboxylic acids is 1. The van der Waals surface area contributed by atoms with Gasteiger partial charge < -0.3 is 5.32 Å². The summed E-state index contributed by atoms with van der Waals surface area (Å²) in [6, 6.07) is 2.30. The van der Waals surface area contributed by atoms with Crippen molar-refractivity contribution >= 4 is 17.7 Å². The van der Waals surface area contributed by atoms with E-state index in [9.17, 15) is 4.79 Å². The van der Waals surface area contributed by atoms with Crippen molar-refractivity contribution in [3.8, 4) is 6.07 Å². The lowest BCUT2D eigenvalue weighted by atomic mass is 10.1. The summed E-state index contributed by atoms with van der Waals surface area (Å²) in [5.41, 5.74) is 0. The van der Waals surface area contributed by atoms with Crippen LogP contribution in [0.25, 0.3) is 0 Å². The van der Waals surface area contributed by atoms with E-state index < -0.39 is 5.92 Å². The summed E-state index contributed by atoms with van der Waals surface area (Å²) in [4.78, 5) is 11.4. The van der Waals surface area contributed by atoms with Crippen LogP contribution in [0.5, 0.6) is 0 Å². The van der Waals surface area contributed by atoms with E-state index in [4.69, 9.17) is 5.26 Å². The van der Waals surface area contributed by atoms with Crippen molar-refractivity contribution in [2.75, 3.05) is 11.5 Å². The number of carbonyl (C=O) groups is 1. The molecule has 2 unspecified atom stereocenters. The molecule has 1 N–H and O–H groups in total. The van der Waals surface area contributed by atoms with Crippen molar-refractivity contribution in [3.63, 3.8) is 0 Å². The number of nitrogens with zero attached hydrogens (tertiary/aromatic N) is 1. The molecule has 0 aliphatic carbocycles. The molecule has 2 atom stereocenters. The standard InChI is InChI=1S/C9H14N2OS/c1-2-7(5-10)9(12)11-8-3-4-13-6-8/h7-8H,2-4,6H2,1H3,(H,11,12). The molecule has 0 aromatic heterocycles. The zero-order valence-electron chi connectivity index (χ0n) is 7.75. The van der Waals surface area contributed by atoms with Gasteiger partial charge in [-0.25, -0.2) is 0 Å². The van der Waals surface area contributed by atoms with Gasteiger partial charge in [-0.3, -0.25) is 4.79 Å². The first-order chi connectivity index (χ1) is 6.27. The normalized spacial score (nSPS) is 23.5. The van der Waals surface area contributed by atoms with Crippen LogP contribution in [0.3, 0.4) is 0 Å². The molecule has 0 bridgehead atoms. The molecular weight excluding hydrogens is 184 g/mol. The summed E-state index contributed by atoms with van der Waals surface area (Å²) in [7, 11) is 0. The van der Waals surface area contributed by atoms with Crippen molar-refractivity contribution in [2.45, 2.75) is 25.8 Å². The molecule has 72 valence electrons. The van der Waals surface area contributed by atoms with Crippen LogP contribution in [0.2, 0.25) is 0 Å². The van der Waals surface area contributed by atoms with E-state index in [1.165, 1.54) is 0 Å². The van der Waals surface area contributed by atoms with Crippen molar-refractivity contribution in [1.29, 1.82) is 5.26 Å². The van der Waals surface area contributed by atoms with Gasteiger partial charge in [0.15, 0.2) is 0 Å². The van der Waals surface area contributed by atoms with Gasteiger partial charge in [0, 0.05) is 11.8 Å². The first-order valence-corrected chi connectivity index (χ1v) is 5.71. The van der Waals surface area contributed by atoms with Gasteiger partial charge in [-0.15, -0.1) is 0 Å². The Labute approximate surface area is 82.9 Å². The Kier molecular flexibility index (Phi) is 4.10. The number of rotatable bonds is 3. The van der Waals surface area contributed by atoms with Crippen molar-refractivity contribution < 1.29 is 4.79 Å². The minimum Gasteiger partial charge on any atom is -0.351 e. The number of thioether (sulfide) groups is 1. The summed E-state index contributed by atoms with van der Waals surface area (Å²) in [5.74, 6) is 1.55. The second-order valence-electron chi connectivity index (χ2n) is 3.16. The van der Waals surface area contributed by atoms with Crippen molar-refractivity contribution in [1.82, 2.24) is 5.32 Å². The van der Waals surface area contributed by atoms with Crippen LogP contribution in [0.1, 0.15) is 19.8 Å². The average molecular weight is 198 g/mol. The third-order valence-electron chi connectivity index (χ3n) is 2.16. The highest BCUT2D eigenvalue weighted by molar-refractivity contribution is 7.99. The monoisotopic (exact) mass is 198 g/mol. The van der Waals surface area contributed by atoms with Crippen LogP contribution < -0.4 is 5.32 Å². The zero-order chi connectivity index (χ0) is 9.68. The molecule has 1 amide bonds. The first kappa shape index (κ1) is 10.4. The van der Waals surface area contributed by atoms with E-state index in [1.807, 2.05) is 24.8 Å². The maximum atomic E-state index is 11.4. The van der Waals surface area contributed by atoms with Crippen LogP contribution in [0, 0.1) is 17.2 Å². The van der Waals surface area contributed by atoms with Crippen LogP contribution >= 0.6 is 11.8 Å². The fourth-order valence-corrected chi connectivity index (χ4v) is 2.44. The Balaban J connectivity index is 2.35. The fraction of sp³-hybridized carbons (Fsp3) is 0.778. The van der Waals surface area contributed by atoms with Gasteiger partial charge in [-0.2, -0.15) is 17.0 Å². The molecule has 1 saturated heterocycles. The van der Waals surface area contributed by atoms with Gasteiger partial charge in [-0.05, 0) is 18.6 Å². The first-order valence-electron chi connectivity index (χ1n) is 4.55. The summed E-state index contributed by atoms with van der Waals surface area (Å²) in [6.45, 7) is 1.86. The Morgan fingerprint density at radius 3 is 3.08 bits per heavy atom. The minimum absolute atomic E-state index is 0.0995. The fourth-order valence-electron chi connectivity index (χ4n) is 1.29. The van der Waals surface area contributed by atoms with E-state index in [0.29, 0.717) is 12.5 Å². The Morgan fingerprint density at radius 2 is 2.62 bits per heavy atom. The van der Waals surface area contributed by atoms with Gasteiger partial charge in [0.2, 0.25) is 5.91 Å². The lowest BCUT2D eigenvalue weighted by Gasteiger charge is -2.13. The Hall–Kier alpha value is -0.690. The van der Waals surface area contributed by atoms with Crippen LogP contribution in [-0.4, -0.2) is 23.5 Å². The SMILES string of the molecule is CCC(C#N)C(=O)NC1CCSC1. The lowest BCUT2D eigenvalue weighted by molar-refractivity contribution is -0.124. The van der Waals surface area contributed by atoms with Gasteiger partial charge in [-0.1, -0.05) is 6.92 Å². The molecule has 13 heavy (non-hydrogen) atoms. The van der Waals surface area contributed by atoms with E-state index >= 15 is 0 Å². The summed E-state index contributed by atoms with van der Waals surface area (Å²) >= 11 is 1.85. The Morgan fingerprint density at radius 1 is 1.85 bits per heavy atom. The van der Waals surface area contributed by atoms with Crippen LogP contribution in [0.15, 0.2) is 0 Å². The topological polar surface area (TPSA) is 52.9 Å². The third-order valence-corrected chi connectivity index (χ3v) is 3.32. The molecule has 0 spiro atoms. The predicted octanol–water partition coefficient (Wildman–Crippen LogP) is 1.16. The van der Waals surface area contributed by atoms with Crippen LogP contribution in [0.4, 0.5) is 0 Å². The van der Waals surface area contributed by atoms with Gasteiger partial charge in [0.25, 0.3) is 0 Å². The molecule has 1 aliphatic heterocycles. The number of nitriles is 1. The van der Waals surface area contributed by atoms with E-state index in [-0.39, 0.29) is 5.91 Å². The molecule has 1 heterocycles. The highest BCUT2D eigenvalue weighted by atomic mass is 32.2. The highest BCUT2D eigenvalue weighted by Crippen LogP contribution is 2.17. The molecule has 4 heteroatoms. The van der Waals surface area contributed by atoms with E-state index in [0.717, 1.165) is 17.9 Å². The highest BCUT2D eigenvalue weighted by Gasteiger charge is 2.21. The quantitative estimate of drug-likeness (QED) is 0.740. The number of nitrogens with one attached hydrogen (secondary N) is 1. The molecule has 1 fully saturated rings. The van der Waals surface area contributed by atoms with E-state index in [2.05, 4.69) is 5.32 Å². The summed E-state index contributed by atoms with van der Waals surface area (Å²) < 4.78 is 0. The van der Waals surface area contributed by atoms with Crippen molar-refractivity contribution in [2.24, 2.45) is 5.92 Å². The minimum atomic E-state index is -0.467. The maximum Gasteiger partial charge on any atom is 0.237 e. The maximum absolute atomic E-state index is 11.4. The van der Waals surface area contributed by atoms with E-state index in [1.54, 1.807) is 0 Å². The predicted molar refractivity (Wildman–Crippen MR) is 53.3 cm³/mol. The summed E-state index contributed by atoms with van der Waals surface area (Å²) in [6.07, 6.45) is 1.64. The second kappa shape index (κ2) is 5.13. The number of hydrogen-bond acceptors (Lipinski definition) is 3. The Bertz CT molecular complexity index is 218. The lowest BCUT2D eigenvalue weighted by Crippen LogP contribution is -2.38. The third kappa shape index (κ3) is 2.92. The number of amides is 1. The van der Waals surface area contributed by atoms with Gasteiger partial charge in [0.05, 0.1) is 6.07 Å². The molecule has 1 aliphatic rings. The molecule has 0 aromatic carbocycles. The average Bonchev–Trinajstić information content (AvgIpc) is 2.59. The molecule has 0 radical (unpaired) electrons. The van der Waals surface area contributed by atoms with Gasteiger partial charge in [0.1, 0.15) is 5.92 Å². The van der Waals surface area contributed by atoms with Crippen LogP contribution in [-0.2, 0) is 4.79 Å². The largest absolute Gasteiger partial charge is 0.351 e. The zero-order valence-corrected chi connectivity index (χ0v) is 8.56. The molecule has 0 saturated carbocycles. The summed E-state index contributed by atoms with van der Waals surface area (Å²) in [5, 5.41) is 11.6. The molecule has 3 nitrogen and oxygen atoms in total. The number of hydrogen-bond donors (Lipinski definition) is 1.